The van der Waals surface area contributed by atoms with E-state index in [0.717, 1.165) is 34.4 Å². The molecule has 2 heterocycles. The Morgan fingerprint density at radius 2 is 2.00 bits per heavy atom. The normalized spacial score (nSPS) is 10.9. The van der Waals surface area contributed by atoms with Gasteiger partial charge in [0.1, 0.15) is 5.76 Å². The second kappa shape index (κ2) is 5.55. The van der Waals surface area contributed by atoms with E-state index < -0.39 is 0 Å². The quantitative estimate of drug-likeness (QED) is 0.692. The van der Waals surface area contributed by atoms with Crippen molar-refractivity contribution in [3.8, 4) is 11.3 Å². The van der Waals surface area contributed by atoms with Gasteiger partial charge in [0.25, 0.3) is 0 Å². The van der Waals surface area contributed by atoms with E-state index in [2.05, 4.69) is 15.5 Å². The van der Waals surface area contributed by atoms with E-state index >= 15 is 0 Å². The molecule has 0 atom stereocenters. The largest absolute Gasteiger partial charge is 0.361 e. The van der Waals surface area contributed by atoms with Gasteiger partial charge in [0, 0.05) is 11.1 Å². The molecule has 0 saturated carbocycles. The molecule has 0 bridgehead atoms. The van der Waals surface area contributed by atoms with Crippen LogP contribution in [-0.4, -0.2) is 26.4 Å². The van der Waals surface area contributed by atoms with Gasteiger partial charge in [-0.1, -0.05) is 34.6 Å². The highest BCUT2D eigenvalue weighted by molar-refractivity contribution is 5.84. The zero-order valence-electron chi connectivity index (χ0n) is 12.7. The molecule has 0 spiro atoms. The predicted octanol–water partition coefficient (Wildman–Crippen LogP) is 2.72. The molecule has 2 aromatic heterocycles. The molecule has 0 aliphatic heterocycles. The first-order valence-corrected chi connectivity index (χ1v) is 6.98. The molecular formula is C16H16N4O2. The van der Waals surface area contributed by atoms with Gasteiger partial charge < -0.3 is 4.52 Å². The maximum Gasteiger partial charge on any atom is 0.172 e. The van der Waals surface area contributed by atoms with Crippen LogP contribution >= 0.6 is 0 Å². The summed E-state index contributed by atoms with van der Waals surface area (Å²) in [6.45, 7) is 6.21. The van der Waals surface area contributed by atoms with Gasteiger partial charge in [-0.15, -0.1) is 5.10 Å². The molecule has 112 valence electrons. The lowest BCUT2D eigenvalue weighted by molar-refractivity contribution is 0.111. The lowest BCUT2D eigenvalue weighted by atomic mass is 10.0. The molecule has 0 unspecified atom stereocenters. The molecule has 0 aliphatic rings. The van der Waals surface area contributed by atoms with Crippen molar-refractivity contribution in [2.45, 2.75) is 27.3 Å². The average Bonchev–Trinajstić information content (AvgIpc) is 3.06. The summed E-state index contributed by atoms with van der Waals surface area (Å²) in [4.78, 5) is 11.3. The fraction of sp³-hybridized carbons (Fsp3) is 0.250. The highest BCUT2D eigenvalue weighted by Gasteiger charge is 2.18. The second-order valence-electron chi connectivity index (χ2n) is 5.22. The monoisotopic (exact) mass is 296 g/mol. The van der Waals surface area contributed by atoms with Gasteiger partial charge in [0.2, 0.25) is 0 Å². The number of aromatic nitrogens is 4. The Bertz CT molecular complexity index is 813. The summed E-state index contributed by atoms with van der Waals surface area (Å²) in [5, 5.41) is 12.1. The summed E-state index contributed by atoms with van der Waals surface area (Å²) < 4.78 is 6.91. The number of hydrogen-bond donors (Lipinski definition) is 0. The van der Waals surface area contributed by atoms with Gasteiger partial charge in [-0.3, -0.25) is 4.79 Å². The highest BCUT2D eigenvalue weighted by atomic mass is 16.5. The Kier molecular flexibility index (Phi) is 3.58. The third-order valence-electron chi connectivity index (χ3n) is 3.76. The van der Waals surface area contributed by atoms with Crippen LogP contribution in [0.1, 0.15) is 33.1 Å². The van der Waals surface area contributed by atoms with Crippen molar-refractivity contribution in [1.82, 2.24) is 20.2 Å². The Labute approximate surface area is 127 Å². The third-order valence-corrected chi connectivity index (χ3v) is 3.76. The van der Waals surface area contributed by atoms with E-state index in [4.69, 9.17) is 4.52 Å². The van der Waals surface area contributed by atoms with Crippen LogP contribution in [-0.2, 0) is 6.54 Å². The Hall–Kier alpha value is -2.76. The summed E-state index contributed by atoms with van der Waals surface area (Å²) >= 11 is 0. The van der Waals surface area contributed by atoms with Crippen LogP contribution in [0.3, 0.4) is 0 Å². The number of nitrogens with zero attached hydrogens (tertiary/aromatic N) is 4. The molecule has 0 aliphatic carbocycles. The average molecular weight is 296 g/mol. The van der Waals surface area contributed by atoms with Gasteiger partial charge in [0.15, 0.2) is 12.0 Å². The first-order valence-electron chi connectivity index (χ1n) is 6.98. The van der Waals surface area contributed by atoms with Gasteiger partial charge in [-0.05, 0) is 26.3 Å². The van der Waals surface area contributed by atoms with Crippen LogP contribution in [0.2, 0.25) is 0 Å². The molecule has 0 radical (unpaired) electrons. The van der Waals surface area contributed by atoms with Gasteiger partial charge in [0.05, 0.1) is 17.9 Å². The molecule has 6 heteroatoms. The zero-order chi connectivity index (χ0) is 15.7. The Balaban J connectivity index is 2.12. The van der Waals surface area contributed by atoms with Crippen molar-refractivity contribution in [3.05, 3.63) is 52.5 Å². The van der Waals surface area contributed by atoms with Crippen molar-refractivity contribution in [3.63, 3.8) is 0 Å². The molecule has 0 amide bonds. The van der Waals surface area contributed by atoms with Crippen molar-refractivity contribution in [2.24, 2.45) is 0 Å². The van der Waals surface area contributed by atoms with Crippen LogP contribution < -0.4 is 0 Å². The summed E-state index contributed by atoms with van der Waals surface area (Å²) in [5.74, 6) is 0.747. The molecule has 0 fully saturated rings. The van der Waals surface area contributed by atoms with Crippen molar-refractivity contribution >= 4 is 6.29 Å². The van der Waals surface area contributed by atoms with Crippen LogP contribution in [0.4, 0.5) is 0 Å². The first-order chi connectivity index (χ1) is 10.6. The number of aryl methyl sites for hydroxylation is 3. The number of aldehydes is 1. The highest BCUT2D eigenvalue weighted by Crippen LogP contribution is 2.26. The van der Waals surface area contributed by atoms with E-state index in [9.17, 15) is 4.79 Å². The minimum absolute atomic E-state index is 0.334. The second-order valence-corrected chi connectivity index (χ2v) is 5.22. The molecule has 0 N–H and O–H groups in total. The summed E-state index contributed by atoms with van der Waals surface area (Å²) in [6, 6.07) is 7.86. The topological polar surface area (TPSA) is 73.8 Å². The van der Waals surface area contributed by atoms with Crippen molar-refractivity contribution in [2.75, 3.05) is 0 Å². The van der Waals surface area contributed by atoms with Crippen LogP contribution in [0.15, 0.2) is 28.8 Å². The number of carbonyl (C=O) groups is 1. The van der Waals surface area contributed by atoms with Gasteiger partial charge in [-0.25, -0.2) is 4.68 Å². The zero-order valence-corrected chi connectivity index (χ0v) is 12.7. The van der Waals surface area contributed by atoms with E-state index in [-0.39, 0.29) is 0 Å². The van der Waals surface area contributed by atoms with Gasteiger partial charge >= 0.3 is 0 Å². The lowest BCUT2D eigenvalue weighted by Crippen LogP contribution is -2.06. The molecular weight excluding hydrogens is 280 g/mol. The smallest absolute Gasteiger partial charge is 0.172 e. The summed E-state index contributed by atoms with van der Waals surface area (Å²) in [6.07, 6.45) is 0.735. The molecule has 1 aromatic carbocycles. The SMILES string of the molecule is Cc1ccccc1-c1c(C=O)nnn1Cc1c(C)noc1C. The molecule has 3 aromatic rings. The number of benzene rings is 1. The number of rotatable bonds is 4. The molecule has 22 heavy (non-hydrogen) atoms. The molecule has 3 rings (SSSR count). The fourth-order valence-corrected chi connectivity index (χ4v) is 2.51. The fourth-order valence-electron chi connectivity index (χ4n) is 2.51. The Morgan fingerprint density at radius 3 is 2.64 bits per heavy atom. The lowest BCUT2D eigenvalue weighted by Gasteiger charge is -2.09. The number of hydrogen-bond acceptors (Lipinski definition) is 5. The van der Waals surface area contributed by atoms with Crippen molar-refractivity contribution < 1.29 is 9.32 Å². The standard InChI is InChI=1S/C16H16N4O2/c1-10-6-4-5-7-13(10)16-15(9-21)17-19-20(16)8-14-11(2)18-22-12(14)3/h4-7,9H,8H2,1-3H3. The summed E-state index contributed by atoms with van der Waals surface area (Å²) in [7, 11) is 0. The third kappa shape index (κ3) is 2.32. The molecule has 0 saturated heterocycles. The predicted molar refractivity (Wildman–Crippen MR) is 80.7 cm³/mol. The first kappa shape index (κ1) is 14.2. The molecule has 6 nitrogen and oxygen atoms in total. The minimum Gasteiger partial charge on any atom is -0.361 e. The van der Waals surface area contributed by atoms with Crippen molar-refractivity contribution in [1.29, 1.82) is 0 Å². The van der Waals surface area contributed by atoms with E-state index in [0.29, 0.717) is 17.9 Å². The van der Waals surface area contributed by atoms with E-state index in [1.54, 1.807) is 4.68 Å². The maximum atomic E-state index is 11.3. The van der Waals surface area contributed by atoms with Crippen LogP contribution in [0.5, 0.6) is 0 Å². The van der Waals surface area contributed by atoms with Crippen LogP contribution in [0.25, 0.3) is 11.3 Å². The minimum atomic E-state index is 0.334. The van der Waals surface area contributed by atoms with E-state index in [1.807, 2.05) is 45.0 Å². The van der Waals surface area contributed by atoms with E-state index in [1.165, 1.54) is 0 Å². The van der Waals surface area contributed by atoms with Crippen LogP contribution in [0, 0.1) is 20.8 Å². The number of carbonyl (C=O) groups excluding carboxylic acids is 1. The Morgan fingerprint density at radius 1 is 1.23 bits per heavy atom. The maximum absolute atomic E-state index is 11.3. The summed E-state index contributed by atoms with van der Waals surface area (Å²) in [5.41, 5.74) is 4.83. The van der Waals surface area contributed by atoms with Gasteiger partial charge in [-0.2, -0.15) is 0 Å².